The van der Waals surface area contributed by atoms with Crippen LogP contribution in [0.5, 0.6) is 17.2 Å². The zero-order valence-corrected chi connectivity index (χ0v) is 22.2. The van der Waals surface area contributed by atoms with Gasteiger partial charge in [0.1, 0.15) is 16.7 Å². The third-order valence-corrected chi connectivity index (χ3v) is 7.11. The number of nitrogens with two attached hydrogens (primary N) is 2. The van der Waals surface area contributed by atoms with Gasteiger partial charge in [0.2, 0.25) is 5.91 Å². The van der Waals surface area contributed by atoms with Crippen LogP contribution in [0.15, 0.2) is 42.5 Å². The number of anilines is 2. The summed E-state index contributed by atoms with van der Waals surface area (Å²) in [5.41, 5.74) is 11.7. The highest BCUT2D eigenvalue weighted by molar-refractivity contribution is 7.09. The van der Waals surface area contributed by atoms with Crippen LogP contribution in [0.4, 0.5) is 11.4 Å². The highest BCUT2D eigenvalue weighted by Gasteiger charge is 2.37. The normalized spacial score (nSPS) is 15.4. The van der Waals surface area contributed by atoms with E-state index in [1.165, 1.54) is 43.4 Å². The van der Waals surface area contributed by atoms with Gasteiger partial charge >= 0.3 is 0 Å². The zero-order valence-electron chi connectivity index (χ0n) is 21.4. The summed E-state index contributed by atoms with van der Waals surface area (Å²) in [7, 11) is 2.92. The van der Waals surface area contributed by atoms with Crippen molar-refractivity contribution in [1.82, 2.24) is 9.69 Å². The Balaban J connectivity index is 1.85. The third kappa shape index (κ3) is 5.89. The van der Waals surface area contributed by atoms with Gasteiger partial charge in [-0.3, -0.25) is 19.3 Å². The van der Waals surface area contributed by atoms with Crippen molar-refractivity contribution in [3.63, 3.8) is 0 Å². The van der Waals surface area contributed by atoms with Crippen LogP contribution in [0.2, 0.25) is 0 Å². The predicted molar refractivity (Wildman–Crippen MR) is 144 cm³/mol. The van der Waals surface area contributed by atoms with E-state index in [2.05, 4.69) is 9.69 Å². The number of amides is 3. The highest BCUT2D eigenvalue weighted by Crippen LogP contribution is 2.38. The minimum atomic E-state index is -1.23. The first-order valence-electron chi connectivity index (χ1n) is 12.0. The molecule has 1 aliphatic heterocycles. The van der Waals surface area contributed by atoms with Gasteiger partial charge in [0.15, 0.2) is 17.2 Å². The Morgan fingerprint density at radius 3 is 2.49 bits per heavy atom. The fraction of sp³-hybridized carbons (Fsp3) is 0.308. The molecule has 0 unspecified atom stereocenters. The number of nitrogen functional groups attached to an aromatic ring is 1. The van der Waals surface area contributed by atoms with Gasteiger partial charge in [0, 0.05) is 24.9 Å². The number of ether oxygens (including phenoxy) is 3. The number of methoxy groups -OCH3 is 2. The lowest BCUT2D eigenvalue weighted by atomic mass is 10.0. The maximum absolute atomic E-state index is 14.1. The Morgan fingerprint density at radius 1 is 1.18 bits per heavy atom. The number of carbonyl (C=O) groups excluding carboxylic acids is 3. The number of hydrogen-bond acceptors (Lipinski definition) is 10. The van der Waals surface area contributed by atoms with E-state index in [0.29, 0.717) is 35.2 Å². The SMILES string of the molecule is COc1ccc(N(C(=O)c2snc(C(N)=O)c2N)[C@@H](C(=O)NC[C@@H]2CCCO2)c2ccc(O)cc2)cc1OC. The van der Waals surface area contributed by atoms with Crippen LogP contribution < -0.4 is 31.2 Å². The Morgan fingerprint density at radius 2 is 1.90 bits per heavy atom. The molecule has 0 aliphatic carbocycles. The van der Waals surface area contributed by atoms with E-state index in [9.17, 15) is 19.5 Å². The first-order valence-corrected chi connectivity index (χ1v) is 12.8. The number of nitrogens with one attached hydrogen (secondary N) is 1. The Hall–Kier alpha value is -4.36. The molecular weight excluding hydrogens is 526 g/mol. The smallest absolute Gasteiger partial charge is 0.273 e. The number of phenols is 1. The first-order chi connectivity index (χ1) is 18.7. The van der Waals surface area contributed by atoms with Gasteiger partial charge in [0.05, 0.1) is 26.0 Å². The van der Waals surface area contributed by atoms with E-state index in [1.807, 2.05) is 0 Å². The van der Waals surface area contributed by atoms with Crippen molar-refractivity contribution in [2.75, 3.05) is 38.0 Å². The molecule has 0 radical (unpaired) electrons. The summed E-state index contributed by atoms with van der Waals surface area (Å²) in [6, 6.07) is 9.41. The van der Waals surface area contributed by atoms with Gasteiger partial charge in [-0.25, -0.2) is 0 Å². The van der Waals surface area contributed by atoms with Crippen molar-refractivity contribution in [3.8, 4) is 17.2 Å². The average molecular weight is 556 g/mol. The molecule has 0 spiro atoms. The molecule has 1 fully saturated rings. The summed E-state index contributed by atoms with van der Waals surface area (Å²) >= 11 is 0.699. The highest BCUT2D eigenvalue weighted by atomic mass is 32.1. The molecular formula is C26H29N5O7S. The number of nitrogens with zero attached hydrogens (tertiary/aromatic N) is 2. The molecule has 3 amide bonds. The molecule has 39 heavy (non-hydrogen) atoms. The van der Waals surface area contributed by atoms with Crippen molar-refractivity contribution in [2.45, 2.75) is 25.0 Å². The summed E-state index contributed by atoms with van der Waals surface area (Å²) in [4.78, 5) is 40.9. The molecule has 1 aromatic heterocycles. The number of carbonyl (C=O) groups is 3. The van der Waals surface area contributed by atoms with Gasteiger partial charge in [0.25, 0.3) is 11.8 Å². The van der Waals surface area contributed by atoms with Crippen molar-refractivity contribution < 1.29 is 33.7 Å². The zero-order chi connectivity index (χ0) is 28.1. The standard InChI is InChI=1S/C26H29N5O7S/c1-36-18-10-7-15(12-19(18)37-2)31(26(35)23-20(27)21(24(28)33)30-39-23)22(14-5-8-16(32)9-6-14)25(34)29-13-17-4-3-11-38-17/h5-10,12,17,22,32H,3-4,11,13,27H2,1-2H3,(H2,28,33)(H,29,34)/t17-,22+/m0/s1. The molecule has 3 aromatic rings. The summed E-state index contributed by atoms with van der Waals surface area (Å²) in [5, 5.41) is 12.8. The van der Waals surface area contributed by atoms with Crippen LogP contribution in [0.1, 0.15) is 44.6 Å². The number of aromatic nitrogens is 1. The van der Waals surface area contributed by atoms with Gasteiger partial charge in [-0.15, -0.1) is 0 Å². The summed E-state index contributed by atoms with van der Waals surface area (Å²) in [5.74, 6) is -1.38. The topological polar surface area (TPSA) is 179 Å². The number of primary amides is 1. The Labute approximate surface area is 228 Å². The van der Waals surface area contributed by atoms with E-state index in [4.69, 9.17) is 25.7 Å². The molecule has 2 aromatic carbocycles. The average Bonchev–Trinajstić information content (AvgIpc) is 3.60. The summed E-state index contributed by atoms with van der Waals surface area (Å²) in [6.07, 6.45) is 1.55. The van der Waals surface area contributed by atoms with E-state index in [1.54, 1.807) is 18.2 Å². The van der Waals surface area contributed by atoms with Gasteiger partial charge < -0.3 is 36.1 Å². The second-order valence-corrected chi connectivity index (χ2v) is 9.50. The van der Waals surface area contributed by atoms with Crippen LogP contribution in [0.25, 0.3) is 0 Å². The number of phenolic OH excluding ortho intramolecular Hbond substituents is 1. The van der Waals surface area contributed by atoms with Crippen LogP contribution in [0.3, 0.4) is 0 Å². The molecule has 0 saturated carbocycles. The summed E-state index contributed by atoms with van der Waals surface area (Å²) in [6.45, 7) is 0.862. The lowest BCUT2D eigenvalue weighted by Gasteiger charge is -2.32. The maximum Gasteiger partial charge on any atom is 0.273 e. The second kappa shape index (κ2) is 12.0. The largest absolute Gasteiger partial charge is 0.508 e. The number of benzene rings is 2. The molecule has 0 bridgehead atoms. The first kappa shape index (κ1) is 27.7. The van der Waals surface area contributed by atoms with E-state index < -0.39 is 23.8 Å². The van der Waals surface area contributed by atoms with Crippen LogP contribution in [-0.2, 0) is 9.53 Å². The fourth-order valence-corrected chi connectivity index (χ4v) is 5.03. The maximum atomic E-state index is 14.1. The Bertz CT molecular complexity index is 1360. The van der Waals surface area contributed by atoms with Crippen molar-refractivity contribution in [2.24, 2.45) is 5.73 Å². The molecule has 1 aliphatic rings. The van der Waals surface area contributed by atoms with Crippen LogP contribution in [0, 0.1) is 0 Å². The van der Waals surface area contributed by atoms with Crippen LogP contribution in [-0.4, -0.2) is 60.7 Å². The molecule has 1 saturated heterocycles. The molecule has 2 heterocycles. The molecule has 6 N–H and O–H groups in total. The number of aromatic hydroxyl groups is 1. The molecule has 12 nitrogen and oxygen atoms in total. The van der Waals surface area contributed by atoms with Crippen molar-refractivity contribution in [3.05, 3.63) is 58.6 Å². The van der Waals surface area contributed by atoms with E-state index >= 15 is 0 Å². The van der Waals surface area contributed by atoms with Crippen LogP contribution >= 0.6 is 11.5 Å². The predicted octanol–water partition coefficient (Wildman–Crippen LogP) is 2.23. The second-order valence-electron chi connectivity index (χ2n) is 8.73. The molecule has 2 atom stereocenters. The van der Waals surface area contributed by atoms with Gasteiger partial charge in [-0.2, -0.15) is 4.37 Å². The number of hydrogen-bond donors (Lipinski definition) is 4. The van der Waals surface area contributed by atoms with Gasteiger partial charge in [-0.05, 0) is 54.2 Å². The molecule has 4 rings (SSSR count). The number of rotatable bonds is 10. The van der Waals surface area contributed by atoms with E-state index in [0.717, 1.165) is 12.8 Å². The lowest BCUT2D eigenvalue weighted by Crippen LogP contribution is -2.45. The quantitative estimate of drug-likeness (QED) is 0.292. The minimum absolute atomic E-state index is 0.0148. The molecule has 206 valence electrons. The Kier molecular flexibility index (Phi) is 8.52. The monoisotopic (exact) mass is 555 g/mol. The molecule has 13 heteroatoms. The van der Waals surface area contributed by atoms with Gasteiger partial charge in [-0.1, -0.05) is 12.1 Å². The minimum Gasteiger partial charge on any atom is -0.508 e. The van der Waals surface area contributed by atoms with E-state index in [-0.39, 0.29) is 40.3 Å². The fourth-order valence-electron chi connectivity index (χ4n) is 4.29. The third-order valence-electron chi connectivity index (χ3n) is 6.26. The van der Waals surface area contributed by atoms with Crippen molar-refractivity contribution in [1.29, 1.82) is 0 Å². The summed E-state index contributed by atoms with van der Waals surface area (Å²) < 4.78 is 20.4. The lowest BCUT2D eigenvalue weighted by molar-refractivity contribution is -0.123. The van der Waals surface area contributed by atoms with Crippen molar-refractivity contribution >= 4 is 40.6 Å².